The molecule has 0 spiro atoms. The van der Waals surface area contributed by atoms with Crippen molar-refractivity contribution < 1.29 is 19.4 Å². The fourth-order valence-electron chi connectivity index (χ4n) is 2.72. The fraction of sp³-hybridized carbons (Fsp3) is 0.500. The zero-order valence-corrected chi connectivity index (χ0v) is 13.6. The number of amides is 1. The van der Waals surface area contributed by atoms with E-state index in [9.17, 15) is 9.90 Å². The van der Waals surface area contributed by atoms with Crippen molar-refractivity contribution in [2.45, 2.75) is 44.2 Å². The minimum absolute atomic E-state index is 0.118. The number of aliphatic hydroxyl groups is 1. The number of hydrogen-bond donors (Lipinski definition) is 2. The lowest BCUT2D eigenvalue weighted by Gasteiger charge is -2.33. The van der Waals surface area contributed by atoms with Gasteiger partial charge in [0, 0.05) is 18.0 Å². The Balaban J connectivity index is 2.03. The summed E-state index contributed by atoms with van der Waals surface area (Å²) in [6.45, 7) is 2.09. The monoisotopic (exact) mass is 317 g/mol. The highest BCUT2D eigenvalue weighted by Gasteiger charge is 2.33. The molecule has 0 radical (unpaired) electrons. The largest absolute Gasteiger partial charge is 0.497 e. The number of methoxy groups -OCH3 is 1. The Labute approximate surface area is 137 Å². The van der Waals surface area contributed by atoms with Gasteiger partial charge in [-0.15, -0.1) is 0 Å². The molecule has 0 aliphatic heterocycles. The maximum Gasteiger partial charge on any atom is 0.407 e. The number of nitrogens with one attached hydrogen (secondary N) is 1. The fourth-order valence-corrected chi connectivity index (χ4v) is 2.72. The van der Waals surface area contributed by atoms with E-state index in [0.717, 1.165) is 24.2 Å². The third kappa shape index (κ3) is 5.19. The molecule has 2 rings (SSSR count). The first kappa shape index (κ1) is 17.2. The molecule has 0 bridgehead atoms. The summed E-state index contributed by atoms with van der Waals surface area (Å²) in [5, 5.41) is 13.5. The van der Waals surface area contributed by atoms with Crippen LogP contribution in [0.15, 0.2) is 24.3 Å². The van der Waals surface area contributed by atoms with Crippen LogP contribution in [0.2, 0.25) is 0 Å². The van der Waals surface area contributed by atoms with Gasteiger partial charge in [-0.05, 0) is 44.4 Å². The van der Waals surface area contributed by atoms with Crippen molar-refractivity contribution in [1.29, 1.82) is 0 Å². The maximum atomic E-state index is 11.5. The van der Waals surface area contributed by atoms with Crippen molar-refractivity contribution in [3.05, 3.63) is 29.8 Å². The summed E-state index contributed by atoms with van der Waals surface area (Å²) >= 11 is 0. The smallest absolute Gasteiger partial charge is 0.407 e. The molecule has 124 valence electrons. The Morgan fingerprint density at radius 1 is 1.52 bits per heavy atom. The summed E-state index contributed by atoms with van der Waals surface area (Å²) in [7, 11) is 1.60. The van der Waals surface area contributed by atoms with Gasteiger partial charge in [-0.1, -0.05) is 17.9 Å². The van der Waals surface area contributed by atoms with Crippen LogP contribution in [0, 0.1) is 11.8 Å². The number of alkyl carbamates (subject to hydrolysis) is 1. The van der Waals surface area contributed by atoms with Crippen LogP contribution in [-0.2, 0) is 4.74 Å². The molecule has 2 unspecified atom stereocenters. The molecule has 0 aromatic heterocycles. The summed E-state index contributed by atoms with van der Waals surface area (Å²) in [6, 6.07) is 7.29. The molecule has 1 amide bonds. The van der Waals surface area contributed by atoms with Gasteiger partial charge in [0.2, 0.25) is 0 Å². The summed E-state index contributed by atoms with van der Waals surface area (Å²) in [4.78, 5) is 11.5. The van der Waals surface area contributed by atoms with Gasteiger partial charge in [0.15, 0.2) is 0 Å². The highest BCUT2D eigenvalue weighted by atomic mass is 16.5. The Hall–Kier alpha value is -2.19. The Kier molecular flexibility index (Phi) is 5.89. The zero-order chi connectivity index (χ0) is 16.7. The quantitative estimate of drug-likeness (QED) is 0.841. The first-order chi connectivity index (χ1) is 11.0. The number of ether oxygens (including phenoxy) is 2. The summed E-state index contributed by atoms with van der Waals surface area (Å²) < 4.78 is 10.0. The van der Waals surface area contributed by atoms with E-state index >= 15 is 0 Å². The maximum absolute atomic E-state index is 11.5. The van der Waals surface area contributed by atoms with Crippen LogP contribution in [0.3, 0.4) is 0 Å². The lowest BCUT2D eigenvalue weighted by molar-refractivity contribution is 0.0455. The molecule has 1 aliphatic rings. The number of hydrogen-bond acceptors (Lipinski definition) is 4. The molecule has 5 nitrogen and oxygen atoms in total. The molecule has 1 aromatic rings. The molecule has 1 aliphatic carbocycles. The zero-order valence-electron chi connectivity index (χ0n) is 13.6. The second-order valence-electron chi connectivity index (χ2n) is 5.67. The number of benzene rings is 1. The first-order valence-electron chi connectivity index (χ1n) is 7.87. The molecule has 5 heteroatoms. The normalized spacial score (nSPS) is 23.3. The van der Waals surface area contributed by atoms with Crippen molar-refractivity contribution in [3.8, 4) is 17.6 Å². The van der Waals surface area contributed by atoms with Crippen molar-refractivity contribution >= 4 is 6.09 Å². The lowest BCUT2D eigenvalue weighted by atomic mass is 9.82. The van der Waals surface area contributed by atoms with E-state index in [1.165, 1.54) is 0 Å². The topological polar surface area (TPSA) is 67.8 Å². The van der Waals surface area contributed by atoms with E-state index in [1.54, 1.807) is 14.0 Å². The molecule has 2 N–H and O–H groups in total. The van der Waals surface area contributed by atoms with Crippen LogP contribution in [-0.4, -0.2) is 36.6 Å². The highest BCUT2D eigenvalue weighted by Crippen LogP contribution is 2.28. The lowest BCUT2D eigenvalue weighted by Crippen LogP contribution is -2.45. The molecule has 1 fully saturated rings. The van der Waals surface area contributed by atoms with Gasteiger partial charge in [0.25, 0.3) is 0 Å². The average molecular weight is 317 g/mol. The Morgan fingerprint density at radius 2 is 2.35 bits per heavy atom. The average Bonchev–Trinajstić information content (AvgIpc) is 2.53. The predicted molar refractivity (Wildman–Crippen MR) is 87.2 cm³/mol. The van der Waals surface area contributed by atoms with Gasteiger partial charge in [-0.25, -0.2) is 4.79 Å². The number of carbonyl (C=O) groups is 1. The van der Waals surface area contributed by atoms with E-state index in [1.807, 2.05) is 24.3 Å². The van der Waals surface area contributed by atoms with Gasteiger partial charge in [-0.2, -0.15) is 0 Å². The molecule has 0 saturated heterocycles. The molecular weight excluding hydrogens is 294 g/mol. The van der Waals surface area contributed by atoms with E-state index in [0.29, 0.717) is 19.4 Å². The van der Waals surface area contributed by atoms with Gasteiger partial charge in [0.05, 0.1) is 13.7 Å². The molecular formula is C18H23NO4. The van der Waals surface area contributed by atoms with Crippen LogP contribution < -0.4 is 10.1 Å². The van der Waals surface area contributed by atoms with E-state index in [2.05, 4.69) is 17.2 Å². The van der Waals surface area contributed by atoms with Crippen molar-refractivity contribution in [3.63, 3.8) is 0 Å². The van der Waals surface area contributed by atoms with Crippen molar-refractivity contribution in [2.24, 2.45) is 0 Å². The van der Waals surface area contributed by atoms with Gasteiger partial charge in [-0.3, -0.25) is 0 Å². The second kappa shape index (κ2) is 7.89. The van der Waals surface area contributed by atoms with Crippen LogP contribution in [0.25, 0.3) is 0 Å². The van der Waals surface area contributed by atoms with Crippen LogP contribution >= 0.6 is 0 Å². The Bertz CT molecular complexity index is 605. The molecule has 0 heterocycles. The minimum Gasteiger partial charge on any atom is -0.497 e. The van der Waals surface area contributed by atoms with Gasteiger partial charge in [0.1, 0.15) is 11.4 Å². The highest BCUT2D eigenvalue weighted by molar-refractivity contribution is 5.67. The van der Waals surface area contributed by atoms with Gasteiger partial charge < -0.3 is 19.9 Å². The second-order valence-corrected chi connectivity index (χ2v) is 5.67. The standard InChI is InChI=1S/C18H23NO4/c1-3-23-17(20)19-15-7-5-10-18(21,13-15)11-9-14-6-4-8-16(12-14)22-2/h4,6,8,12,15,21H,3,5,7,10,13H2,1-2H3,(H,19,20). The van der Waals surface area contributed by atoms with Crippen molar-refractivity contribution in [1.82, 2.24) is 5.32 Å². The Morgan fingerprint density at radius 3 is 3.09 bits per heavy atom. The van der Waals surface area contributed by atoms with Crippen LogP contribution in [0.1, 0.15) is 38.2 Å². The first-order valence-corrected chi connectivity index (χ1v) is 7.87. The molecule has 1 saturated carbocycles. The van der Waals surface area contributed by atoms with E-state index < -0.39 is 11.7 Å². The van der Waals surface area contributed by atoms with Crippen LogP contribution in [0.5, 0.6) is 5.75 Å². The van der Waals surface area contributed by atoms with Crippen molar-refractivity contribution in [2.75, 3.05) is 13.7 Å². The third-order valence-electron chi connectivity index (χ3n) is 3.83. The molecule has 23 heavy (non-hydrogen) atoms. The molecule has 2 atom stereocenters. The third-order valence-corrected chi connectivity index (χ3v) is 3.83. The summed E-state index contributed by atoms with van der Waals surface area (Å²) in [5.74, 6) is 6.69. The number of carbonyl (C=O) groups excluding carboxylic acids is 1. The SMILES string of the molecule is CCOC(=O)NC1CCCC(O)(C#Cc2cccc(OC)c2)C1. The predicted octanol–water partition coefficient (Wildman–Crippen LogP) is 2.47. The molecule has 1 aromatic carbocycles. The minimum atomic E-state index is -1.09. The van der Waals surface area contributed by atoms with E-state index in [4.69, 9.17) is 9.47 Å². The van der Waals surface area contributed by atoms with Gasteiger partial charge >= 0.3 is 6.09 Å². The summed E-state index contributed by atoms with van der Waals surface area (Å²) in [6.07, 6.45) is 2.19. The van der Waals surface area contributed by atoms with E-state index in [-0.39, 0.29) is 6.04 Å². The summed E-state index contributed by atoms with van der Waals surface area (Å²) in [5.41, 5.74) is -0.302. The van der Waals surface area contributed by atoms with Crippen LogP contribution in [0.4, 0.5) is 4.79 Å². The number of rotatable bonds is 3.